The maximum absolute atomic E-state index is 5.59. The Morgan fingerprint density at radius 1 is 1.28 bits per heavy atom. The number of hydrogen-bond acceptors (Lipinski definition) is 4. The van der Waals surface area contributed by atoms with E-state index in [0.29, 0.717) is 6.61 Å². The Balaban J connectivity index is 1.89. The smallest absolute Gasteiger partial charge is 0.123 e. The van der Waals surface area contributed by atoms with Crippen molar-refractivity contribution in [1.29, 1.82) is 0 Å². The number of rotatable bonds is 6. The second-order valence-electron chi connectivity index (χ2n) is 4.03. The van der Waals surface area contributed by atoms with Gasteiger partial charge in [0.25, 0.3) is 0 Å². The van der Waals surface area contributed by atoms with Gasteiger partial charge in [-0.05, 0) is 19.9 Å². The van der Waals surface area contributed by atoms with Crippen LogP contribution in [0.1, 0.15) is 23.2 Å². The van der Waals surface area contributed by atoms with E-state index in [-0.39, 0.29) is 0 Å². The van der Waals surface area contributed by atoms with Crippen LogP contribution in [0.4, 0.5) is 0 Å². The van der Waals surface area contributed by atoms with Gasteiger partial charge in [0.15, 0.2) is 0 Å². The fraction of sp³-hybridized carbons (Fsp3) is 0.357. The number of aryl methyl sites for hydroxylation is 1. The van der Waals surface area contributed by atoms with Gasteiger partial charge in [0.05, 0.1) is 6.61 Å². The summed E-state index contributed by atoms with van der Waals surface area (Å²) in [5, 5.41) is 6.60. The fourth-order valence-corrected chi connectivity index (χ4v) is 2.48. The van der Waals surface area contributed by atoms with Crippen molar-refractivity contribution in [2.45, 2.75) is 26.9 Å². The van der Waals surface area contributed by atoms with Gasteiger partial charge in [0, 0.05) is 29.7 Å². The molecular weight excluding hydrogens is 244 g/mol. The lowest BCUT2D eigenvalue weighted by Gasteiger charge is -2.10. The summed E-state index contributed by atoms with van der Waals surface area (Å²) in [4.78, 5) is 4.43. The molecule has 1 heterocycles. The highest BCUT2D eigenvalue weighted by Gasteiger charge is 2.03. The van der Waals surface area contributed by atoms with Crippen LogP contribution < -0.4 is 10.1 Å². The first kappa shape index (κ1) is 13.1. The highest BCUT2D eigenvalue weighted by atomic mass is 32.1. The summed E-state index contributed by atoms with van der Waals surface area (Å²) in [5.74, 6) is 0.961. The Kier molecular flexibility index (Phi) is 4.73. The molecule has 1 aromatic heterocycles. The quantitative estimate of drug-likeness (QED) is 0.868. The van der Waals surface area contributed by atoms with Crippen LogP contribution in [0.15, 0.2) is 29.6 Å². The van der Waals surface area contributed by atoms with Crippen LogP contribution in [0.3, 0.4) is 0 Å². The zero-order chi connectivity index (χ0) is 12.8. The molecule has 0 saturated carbocycles. The Morgan fingerprint density at radius 2 is 2.11 bits per heavy atom. The zero-order valence-electron chi connectivity index (χ0n) is 10.8. The molecule has 0 spiro atoms. The number of benzene rings is 1. The minimum absolute atomic E-state index is 0.697. The minimum Gasteiger partial charge on any atom is -0.494 e. The number of para-hydroxylation sites is 1. The summed E-state index contributed by atoms with van der Waals surface area (Å²) in [5.41, 5.74) is 2.28. The Morgan fingerprint density at radius 3 is 2.83 bits per heavy atom. The van der Waals surface area contributed by atoms with Crippen molar-refractivity contribution in [3.05, 3.63) is 45.9 Å². The van der Waals surface area contributed by atoms with Gasteiger partial charge in [0.2, 0.25) is 0 Å². The fourth-order valence-electron chi connectivity index (χ4n) is 1.73. The maximum Gasteiger partial charge on any atom is 0.123 e. The standard InChI is InChI=1S/C14H18N2OS/c1-3-17-13-7-5-4-6-12(13)8-15-9-14-16-11(2)10-18-14/h4-7,10,15H,3,8-9H2,1-2H3. The molecule has 2 aromatic rings. The SMILES string of the molecule is CCOc1ccccc1CNCc1nc(C)cs1. The van der Waals surface area contributed by atoms with Crippen molar-refractivity contribution >= 4 is 11.3 Å². The lowest BCUT2D eigenvalue weighted by molar-refractivity contribution is 0.335. The maximum atomic E-state index is 5.59. The molecule has 4 heteroatoms. The van der Waals surface area contributed by atoms with Crippen LogP contribution in [0, 0.1) is 6.92 Å². The van der Waals surface area contributed by atoms with E-state index < -0.39 is 0 Å². The van der Waals surface area contributed by atoms with E-state index in [4.69, 9.17) is 4.74 Å². The molecule has 0 saturated heterocycles. The summed E-state index contributed by atoms with van der Waals surface area (Å²) in [6.07, 6.45) is 0. The summed E-state index contributed by atoms with van der Waals surface area (Å²) < 4.78 is 5.59. The van der Waals surface area contributed by atoms with Gasteiger partial charge in [-0.3, -0.25) is 0 Å². The van der Waals surface area contributed by atoms with E-state index in [1.165, 1.54) is 5.56 Å². The molecule has 3 nitrogen and oxygen atoms in total. The predicted octanol–water partition coefficient (Wildman–Crippen LogP) is 3.14. The Bertz CT molecular complexity index is 496. The second-order valence-corrected chi connectivity index (χ2v) is 4.97. The van der Waals surface area contributed by atoms with E-state index in [1.54, 1.807) is 11.3 Å². The lowest BCUT2D eigenvalue weighted by atomic mass is 10.2. The van der Waals surface area contributed by atoms with E-state index >= 15 is 0 Å². The third-order valence-electron chi connectivity index (χ3n) is 2.53. The van der Waals surface area contributed by atoms with Crippen molar-refractivity contribution in [2.24, 2.45) is 0 Å². The van der Waals surface area contributed by atoms with Crippen LogP contribution in [0.25, 0.3) is 0 Å². The first-order chi connectivity index (χ1) is 8.79. The molecule has 0 radical (unpaired) electrons. The van der Waals surface area contributed by atoms with Gasteiger partial charge in [-0.15, -0.1) is 11.3 Å². The molecule has 0 unspecified atom stereocenters. The monoisotopic (exact) mass is 262 g/mol. The third-order valence-corrected chi connectivity index (χ3v) is 3.50. The largest absolute Gasteiger partial charge is 0.494 e. The van der Waals surface area contributed by atoms with E-state index in [2.05, 4.69) is 21.7 Å². The molecule has 0 fully saturated rings. The molecular formula is C14H18N2OS. The van der Waals surface area contributed by atoms with Crippen LogP contribution in [0.2, 0.25) is 0 Å². The highest BCUT2D eigenvalue weighted by molar-refractivity contribution is 7.09. The number of nitrogens with zero attached hydrogens (tertiary/aromatic N) is 1. The number of nitrogens with one attached hydrogen (secondary N) is 1. The van der Waals surface area contributed by atoms with E-state index in [1.807, 2.05) is 32.0 Å². The van der Waals surface area contributed by atoms with E-state index in [0.717, 1.165) is 29.5 Å². The van der Waals surface area contributed by atoms with Crippen molar-refractivity contribution in [1.82, 2.24) is 10.3 Å². The Labute approximate surface area is 112 Å². The first-order valence-electron chi connectivity index (χ1n) is 6.12. The lowest BCUT2D eigenvalue weighted by Crippen LogP contribution is -2.13. The molecule has 0 aliphatic rings. The Hall–Kier alpha value is -1.39. The molecule has 1 N–H and O–H groups in total. The highest BCUT2D eigenvalue weighted by Crippen LogP contribution is 2.17. The summed E-state index contributed by atoms with van der Waals surface area (Å²) in [6, 6.07) is 8.13. The minimum atomic E-state index is 0.697. The van der Waals surface area contributed by atoms with Crippen LogP contribution in [-0.4, -0.2) is 11.6 Å². The average molecular weight is 262 g/mol. The molecule has 0 amide bonds. The van der Waals surface area contributed by atoms with Gasteiger partial charge in [-0.2, -0.15) is 0 Å². The predicted molar refractivity (Wildman–Crippen MR) is 75.0 cm³/mol. The normalized spacial score (nSPS) is 10.6. The van der Waals surface area contributed by atoms with Gasteiger partial charge < -0.3 is 10.1 Å². The summed E-state index contributed by atoms with van der Waals surface area (Å²) in [6.45, 7) is 6.32. The van der Waals surface area contributed by atoms with Gasteiger partial charge in [-0.25, -0.2) is 4.98 Å². The van der Waals surface area contributed by atoms with Crippen molar-refractivity contribution in [2.75, 3.05) is 6.61 Å². The van der Waals surface area contributed by atoms with Gasteiger partial charge >= 0.3 is 0 Å². The van der Waals surface area contributed by atoms with Gasteiger partial charge in [-0.1, -0.05) is 18.2 Å². The molecule has 18 heavy (non-hydrogen) atoms. The van der Waals surface area contributed by atoms with Crippen LogP contribution >= 0.6 is 11.3 Å². The number of thiazole rings is 1. The molecule has 0 atom stereocenters. The van der Waals surface area contributed by atoms with Crippen LogP contribution in [0.5, 0.6) is 5.75 Å². The molecule has 96 valence electrons. The zero-order valence-corrected chi connectivity index (χ0v) is 11.6. The molecule has 0 aliphatic carbocycles. The van der Waals surface area contributed by atoms with Crippen molar-refractivity contribution in [3.63, 3.8) is 0 Å². The van der Waals surface area contributed by atoms with Crippen molar-refractivity contribution in [3.8, 4) is 5.75 Å². The van der Waals surface area contributed by atoms with Crippen molar-refractivity contribution < 1.29 is 4.74 Å². The molecule has 0 aliphatic heterocycles. The average Bonchev–Trinajstić information content (AvgIpc) is 2.78. The molecule has 1 aromatic carbocycles. The first-order valence-corrected chi connectivity index (χ1v) is 7.00. The topological polar surface area (TPSA) is 34.1 Å². The third kappa shape index (κ3) is 3.55. The number of aromatic nitrogens is 1. The van der Waals surface area contributed by atoms with E-state index in [9.17, 15) is 0 Å². The second kappa shape index (κ2) is 6.52. The van der Waals surface area contributed by atoms with Crippen LogP contribution in [-0.2, 0) is 13.1 Å². The number of hydrogen-bond donors (Lipinski definition) is 1. The summed E-state index contributed by atoms with van der Waals surface area (Å²) in [7, 11) is 0. The number of ether oxygens (including phenoxy) is 1. The molecule has 0 bridgehead atoms. The van der Waals surface area contributed by atoms with Gasteiger partial charge in [0.1, 0.15) is 10.8 Å². The summed E-state index contributed by atoms with van der Waals surface area (Å²) >= 11 is 1.69. The molecule has 2 rings (SSSR count).